The number of carbonyl (C=O) groups is 1. The van der Waals surface area contributed by atoms with Crippen LogP contribution in [-0.2, 0) is 17.7 Å². The lowest BCUT2D eigenvalue weighted by Gasteiger charge is -1.99. The zero-order valence-corrected chi connectivity index (χ0v) is 8.49. The van der Waals surface area contributed by atoms with Gasteiger partial charge >= 0.3 is 5.97 Å². The molecule has 0 radical (unpaired) electrons. The molecule has 0 amide bonds. The standard InChI is InChI=1S/C10H14N2O2/c1-3-14-10(13)9-5-8-4-7(2)6-12(8)11-9/h5,7H,3-4,6H2,1-2H3. The first kappa shape index (κ1) is 9.24. The Balaban J connectivity index is 2.16. The summed E-state index contributed by atoms with van der Waals surface area (Å²) in [5, 5.41) is 4.20. The van der Waals surface area contributed by atoms with Gasteiger partial charge in [0.05, 0.1) is 6.61 Å². The molecule has 1 unspecified atom stereocenters. The number of ether oxygens (including phenoxy) is 1. The van der Waals surface area contributed by atoms with Crippen LogP contribution in [0, 0.1) is 5.92 Å². The third-order valence-corrected chi connectivity index (χ3v) is 2.39. The number of hydrogen-bond acceptors (Lipinski definition) is 3. The normalized spacial score (nSPS) is 19.4. The molecular formula is C10H14N2O2. The van der Waals surface area contributed by atoms with E-state index in [-0.39, 0.29) is 5.97 Å². The van der Waals surface area contributed by atoms with Crippen molar-refractivity contribution >= 4 is 5.97 Å². The number of rotatable bonds is 2. The Bertz CT molecular complexity index is 334. The number of aromatic nitrogens is 2. The first-order valence-electron chi connectivity index (χ1n) is 4.94. The van der Waals surface area contributed by atoms with Crippen molar-refractivity contribution in [3.8, 4) is 0 Å². The smallest absolute Gasteiger partial charge is 0.358 e. The van der Waals surface area contributed by atoms with Gasteiger partial charge in [-0.3, -0.25) is 4.68 Å². The predicted octanol–water partition coefficient (Wildman–Crippen LogP) is 1.25. The largest absolute Gasteiger partial charge is 0.461 e. The molecule has 0 saturated carbocycles. The van der Waals surface area contributed by atoms with Gasteiger partial charge in [-0.2, -0.15) is 5.10 Å². The summed E-state index contributed by atoms with van der Waals surface area (Å²) < 4.78 is 6.78. The fourth-order valence-electron chi connectivity index (χ4n) is 1.80. The molecule has 0 saturated heterocycles. The van der Waals surface area contributed by atoms with Crippen molar-refractivity contribution in [2.45, 2.75) is 26.8 Å². The van der Waals surface area contributed by atoms with Gasteiger partial charge in [-0.15, -0.1) is 0 Å². The monoisotopic (exact) mass is 194 g/mol. The van der Waals surface area contributed by atoms with E-state index in [1.807, 2.05) is 10.7 Å². The second kappa shape index (κ2) is 3.44. The Kier molecular flexibility index (Phi) is 2.27. The lowest BCUT2D eigenvalue weighted by Crippen LogP contribution is -2.08. The van der Waals surface area contributed by atoms with Crippen LogP contribution in [0.5, 0.6) is 0 Å². The Morgan fingerprint density at radius 2 is 2.57 bits per heavy atom. The van der Waals surface area contributed by atoms with Gasteiger partial charge in [0.1, 0.15) is 0 Å². The van der Waals surface area contributed by atoms with E-state index in [9.17, 15) is 4.79 Å². The Morgan fingerprint density at radius 3 is 3.21 bits per heavy atom. The van der Waals surface area contributed by atoms with Crippen LogP contribution in [0.15, 0.2) is 6.07 Å². The minimum absolute atomic E-state index is 0.318. The molecule has 0 aliphatic carbocycles. The Morgan fingerprint density at radius 1 is 1.79 bits per heavy atom. The van der Waals surface area contributed by atoms with Crippen LogP contribution >= 0.6 is 0 Å². The third-order valence-electron chi connectivity index (χ3n) is 2.39. The van der Waals surface area contributed by atoms with Crippen LogP contribution in [0.25, 0.3) is 0 Å². The van der Waals surface area contributed by atoms with Crippen LogP contribution in [0.3, 0.4) is 0 Å². The van der Waals surface area contributed by atoms with Crippen LogP contribution in [-0.4, -0.2) is 22.4 Å². The highest BCUT2D eigenvalue weighted by Crippen LogP contribution is 2.20. The molecule has 4 heteroatoms. The molecule has 0 N–H and O–H groups in total. The summed E-state index contributed by atoms with van der Waals surface area (Å²) in [5.74, 6) is 0.316. The molecule has 1 aliphatic heterocycles. The van der Waals surface area contributed by atoms with E-state index in [0.29, 0.717) is 18.2 Å². The minimum Gasteiger partial charge on any atom is -0.461 e. The molecule has 0 spiro atoms. The van der Waals surface area contributed by atoms with E-state index in [1.165, 1.54) is 0 Å². The van der Waals surface area contributed by atoms with Gasteiger partial charge in [0.15, 0.2) is 5.69 Å². The van der Waals surface area contributed by atoms with Crippen molar-refractivity contribution in [1.29, 1.82) is 0 Å². The second-order valence-electron chi connectivity index (χ2n) is 3.73. The first-order valence-corrected chi connectivity index (χ1v) is 4.94. The second-order valence-corrected chi connectivity index (χ2v) is 3.73. The van der Waals surface area contributed by atoms with Crippen LogP contribution in [0.1, 0.15) is 30.0 Å². The van der Waals surface area contributed by atoms with E-state index in [4.69, 9.17) is 4.74 Å². The molecular weight excluding hydrogens is 180 g/mol. The van der Waals surface area contributed by atoms with Gasteiger partial charge in [-0.1, -0.05) is 6.92 Å². The van der Waals surface area contributed by atoms with Gasteiger partial charge in [-0.05, 0) is 25.3 Å². The first-order chi connectivity index (χ1) is 6.70. The maximum Gasteiger partial charge on any atom is 0.358 e. The third kappa shape index (κ3) is 1.52. The van der Waals surface area contributed by atoms with Crippen LogP contribution in [0.2, 0.25) is 0 Å². The van der Waals surface area contributed by atoms with Gasteiger partial charge in [0.2, 0.25) is 0 Å². The molecule has 1 atom stereocenters. The summed E-state index contributed by atoms with van der Waals surface area (Å²) >= 11 is 0. The molecule has 1 aromatic heterocycles. The van der Waals surface area contributed by atoms with E-state index >= 15 is 0 Å². The van der Waals surface area contributed by atoms with Crippen molar-refractivity contribution < 1.29 is 9.53 Å². The maximum absolute atomic E-state index is 11.3. The minimum atomic E-state index is -0.318. The quantitative estimate of drug-likeness (QED) is 0.665. The van der Waals surface area contributed by atoms with E-state index in [0.717, 1.165) is 18.7 Å². The fourth-order valence-corrected chi connectivity index (χ4v) is 1.80. The number of nitrogens with zero attached hydrogens (tertiary/aromatic N) is 2. The summed E-state index contributed by atoms with van der Waals surface area (Å²) in [6, 6.07) is 1.83. The van der Waals surface area contributed by atoms with Crippen molar-refractivity contribution in [3.05, 3.63) is 17.5 Å². The zero-order chi connectivity index (χ0) is 10.1. The number of carbonyl (C=O) groups excluding carboxylic acids is 1. The van der Waals surface area contributed by atoms with Gasteiger partial charge in [-0.25, -0.2) is 4.79 Å². The van der Waals surface area contributed by atoms with E-state index in [1.54, 1.807) is 6.92 Å². The fraction of sp³-hybridized carbons (Fsp3) is 0.600. The average molecular weight is 194 g/mol. The summed E-state index contributed by atoms with van der Waals surface area (Å²) in [5.41, 5.74) is 1.58. The summed E-state index contributed by atoms with van der Waals surface area (Å²) in [6.07, 6.45) is 1.01. The Labute approximate surface area is 82.9 Å². The summed E-state index contributed by atoms with van der Waals surface area (Å²) in [6.45, 7) is 5.29. The van der Waals surface area contributed by atoms with Crippen molar-refractivity contribution in [2.75, 3.05) is 6.61 Å². The topological polar surface area (TPSA) is 44.1 Å². The zero-order valence-electron chi connectivity index (χ0n) is 8.49. The van der Waals surface area contributed by atoms with Crippen molar-refractivity contribution in [3.63, 3.8) is 0 Å². The predicted molar refractivity (Wildman–Crippen MR) is 51.1 cm³/mol. The number of fused-ring (bicyclic) bond motifs is 1. The highest BCUT2D eigenvalue weighted by molar-refractivity contribution is 5.87. The SMILES string of the molecule is CCOC(=O)c1cc2n(n1)CC(C)C2. The lowest BCUT2D eigenvalue weighted by atomic mass is 10.1. The van der Waals surface area contributed by atoms with Gasteiger partial charge < -0.3 is 4.74 Å². The molecule has 0 bridgehead atoms. The highest BCUT2D eigenvalue weighted by Gasteiger charge is 2.22. The van der Waals surface area contributed by atoms with Gasteiger partial charge in [0, 0.05) is 12.2 Å². The van der Waals surface area contributed by atoms with Crippen LogP contribution in [0.4, 0.5) is 0 Å². The molecule has 4 nitrogen and oxygen atoms in total. The molecule has 14 heavy (non-hydrogen) atoms. The van der Waals surface area contributed by atoms with Crippen molar-refractivity contribution in [2.24, 2.45) is 5.92 Å². The Hall–Kier alpha value is -1.32. The van der Waals surface area contributed by atoms with Gasteiger partial charge in [0.25, 0.3) is 0 Å². The highest BCUT2D eigenvalue weighted by atomic mass is 16.5. The van der Waals surface area contributed by atoms with Crippen LogP contribution < -0.4 is 0 Å². The number of esters is 1. The van der Waals surface area contributed by atoms with E-state index in [2.05, 4.69) is 12.0 Å². The molecule has 2 rings (SSSR count). The molecule has 0 fully saturated rings. The van der Waals surface area contributed by atoms with E-state index < -0.39 is 0 Å². The molecule has 76 valence electrons. The van der Waals surface area contributed by atoms with Crippen molar-refractivity contribution in [1.82, 2.24) is 9.78 Å². The number of hydrogen-bond donors (Lipinski definition) is 0. The molecule has 1 aliphatic rings. The molecule has 0 aromatic carbocycles. The molecule has 2 heterocycles. The lowest BCUT2D eigenvalue weighted by molar-refractivity contribution is 0.0518. The average Bonchev–Trinajstić information content (AvgIpc) is 2.61. The summed E-state index contributed by atoms with van der Waals surface area (Å²) in [7, 11) is 0. The summed E-state index contributed by atoms with van der Waals surface area (Å²) in [4.78, 5) is 11.3. The maximum atomic E-state index is 11.3. The molecule has 1 aromatic rings.